The Balaban J connectivity index is 1.66. The molecule has 0 N–H and O–H groups in total. The van der Waals surface area contributed by atoms with Crippen molar-refractivity contribution in [3.8, 4) is 0 Å². The van der Waals surface area contributed by atoms with Crippen molar-refractivity contribution in [2.75, 3.05) is 20.1 Å². The molecular weight excluding hydrogens is 443 g/mol. The second kappa shape index (κ2) is 8.96. The Morgan fingerprint density at radius 2 is 1.82 bits per heavy atom. The topological polar surface area (TPSA) is 43.9 Å². The zero-order valence-corrected chi connectivity index (χ0v) is 19.9. The Hall–Kier alpha value is -3.03. The maximum atomic E-state index is 13.8. The molecule has 2 aromatic rings. The summed E-state index contributed by atoms with van der Waals surface area (Å²) in [5.74, 6) is 0.108. The fourth-order valence-corrected chi connectivity index (χ4v) is 5.25. The Morgan fingerprint density at radius 3 is 2.50 bits per heavy atom. The molecule has 8 heteroatoms. The van der Waals surface area contributed by atoms with Gasteiger partial charge in [-0.3, -0.25) is 4.79 Å². The van der Waals surface area contributed by atoms with Gasteiger partial charge in [-0.25, -0.2) is 4.79 Å². The van der Waals surface area contributed by atoms with Gasteiger partial charge in [-0.05, 0) is 56.0 Å². The van der Waals surface area contributed by atoms with E-state index in [9.17, 15) is 22.8 Å². The Bertz CT molecular complexity index is 1100. The van der Waals surface area contributed by atoms with E-state index in [0.717, 1.165) is 23.3 Å². The van der Waals surface area contributed by atoms with Crippen LogP contribution in [0.25, 0.3) is 0 Å². The van der Waals surface area contributed by atoms with Crippen LogP contribution in [-0.4, -0.2) is 52.8 Å². The molecule has 0 saturated carbocycles. The summed E-state index contributed by atoms with van der Waals surface area (Å²) >= 11 is 0. The first kappa shape index (κ1) is 24.1. The molecule has 2 aliphatic heterocycles. The van der Waals surface area contributed by atoms with Crippen LogP contribution >= 0.6 is 0 Å². The normalized spacial score (nSPS) is 21.4. The van der Waals surface area contributed by atoms with Crippen molar-refractivity contribution in [3.63, 3.8) is 0 Å². The Labute approximate surface area is 198 Å². The van der Waals surface area contributed by atoms with E-state index in [1.54, 1.807) is 31.9 Å². The standard InChI is InChI=1S/C26H30F3N3O2/c1-16-13-19(15-20(14-16)26(27,28)29)18(3)30(4)25(34)32-12-11-31-22(9-10-23(31)33)24(32)21-8-6-5-7-17(21)2/h5-8,13-15,18,22,24H,9-12H2,1-4H3/t18-,22+,24+/m1/s1. The van der Waals surface area contributed by atoms with Gasteiger partial charge < -0.3 is 14.7 Å². The fraction of sp³-hybridized carbons (Fsp3) is 0.462. The Morgan fingerprint density at radius 1 is 1.12 bits per heavy atom. The van der Waals surface area contributed by atoms with E-state index < -0.39 is 17.8 Å². The third-order valence-corrected chi connectivity index (χ3v) is 7.20. The molecule has 5 nitrogen and oxygen atoms in total. The number of alkyl halides is 3. The number of aryl methyl sites for hydroxylation is 2. The predicted octanol–water partition coefficient (Wildman–Crippen LogP) is 5.48. The number of amides is 3. The molecule has 2 saturated heterocycles. The van der Waals surface area contributed by atoms with Gasteiger partial charge in [0.1, 0.15) is 0 Å². The number of halogens is 3. The molecular formula is C26H30F3N3O2. The molecule has 0 radical (unpaired) electrons. The fourth-order valence-electron chi connectivity index (χ4n) is 5.25. The summed E-state index contributed by atoms with van der Waals surface area (Å²) in [5, 5.41) is 0. The average molecular weight is 474 g/mol. The first-order chi connectivity index (χ1) is 16.0. The van der Waals surface area contributed by atoms with Gasteiger partial charge >= 0.3 is 12.2 Å². The lowest BCUT2D eigenvalue weighted by atomic mass is 9.91. The molecule has 2 heterocycles. The molecule has 2 aliphatic rings. The van der Waals surface area contributed by atoms with E-state index >= 15 is 0 Å². The molecule has 182 valence electrons. The zero-order valence-electron chi connectivity index (χ0n) is 19.9. The van der Waals surface area contributed by atoms with Crippen LogP contribution < -0.4 is 0 Å². The number of hydrogen-bond acceptors (Lipinski definition) is 2. The predicted molar refractivity (Wildman–Crippen MR) is 123 cm³/mol. The van der Waals surface area contributed by atoms with Crippen LogP contribution in [0, 0.1) is 13.8 Å². The second-order valence-electron chi connectivity index (χ2n) is 9.39. The number of urea groups is 1. The molecule has 3 atom stereocenters. The molecule has 0 spiro atoms. The largest absolute Gasteiger partial charge is 0.416 e. The zero-order chi connectivity index (χ0) is 24.8. The molecule has 0 aliphatic carbocycles. The van der Waals surface area contributed by atoms with Crippen molar-refractivity contribution < 1.29 is 22.8 Å². The SMILES string of the molecule is Cc1cc([C@@H](C)N(C)C(=O)N2CCN3C(=O)CC[C@H]3[C@@H]2c2ccccc2C)cc(C(F)(F)F)c1. The van der Waals surface area contributed by atoms with Gasteiger partial charge in [0.15, 0.2) is 0 Å². The van der Waals surface area contributed by atoms with Gasteiger partial charge in [-0.1, -0.05) is 35.9 Å². The summed E-state index contributed by atoms with van der Waals surface area (Å²) in [5.41, 5.74) is 2.25. The highest BCUT2D eigenvalue weighted by atomic mass is 19.4. The van der Waals surface area contributed by atoms with E-state index in [2.05, 4.69) is 0 Å². The maximum absolute atomic E-state index is 13.8. The van der Waals surface area contributed by atoms with Crippen molar-refractivity contribution in [1.29, 1.82) is 0 Å². The minimum atomic E-state index is -4.45. The van der Waals surface area contributed by atoms with E-state index in [4.69, 9.17) is 0 Å². The number of hydrogen-bond donors (Lipinski definition) is 0. The molecule has 2 aromatic carbocycles. The van der Waals surface area contributed by atoms with Gasteiger partial charge in [0, 0.05) is 26.6 Å². The van der Waals surface area contributed by atoms with Crippen molar-refractivity contribution in [2.45, 2.75) is 57.9 Å². The number of benzene rings is 2. The maximum Gasteiger partial charge on any atom is 0.416 e. The highest BCUT2D eigenvalue weighted by Crippen LogP contribution is 2.40. The lowest BCUT2D eigenvalue weighted by molar-refractivity contribution is -0.137. The second-order valence-corrected chi connectivity index (χ2v) is 9.39. The highest BCUT2D eigenvalue weighted by Gasteiger charge is 2.46. The molecule has 34 heavy (non-hydrogen) atoms. The first-order valence-electron chi connectivity index (χ1n) is 11.6. The average Bonchev–Trinajstić information content (AvgIpc) is 3.17. The van der Waals surface area contributed by atoms with E-state index in [-0.39, 0.29) is 24.0 Å². The molecule has 3 amide bonds. The molecule has 4 rings (SSSR count). The van der Waals surface area contributed by atoms with Crippen LogP contribution in [0.3, 0.4) is 0 Å². The lowest BCUT2D eigenvalue weighted by Crippen LogP contribution is -2.57. The number of rotatable bonds is 3. The van der Waals surface area contributed by atoms with Gasteiger partial charge in [0.25, 0.3) is 0 Å². The number of fused-ring (bicyclic) bond motifs is 1. The van der Waals surface area contributed by atoms with Crippen LogP contribution in [0.4, 0.5) is 18.0 Å². The molecule has 0 bridgehead atoms. The molecule has 0 unspecified atom stereocenters. The van der Waals surface area contributed by atoms with Gasteiger partial charge in [-0.2, -0.15) is 13.2 Å². The van der Waals surface area contributed by atoms with Crippen LogP contribution in [0.5, 0.6) is 0 Å². The smallest absolute Gasteiger partial charge is 0.335 e. The summed E-state index contributed by atoms with van der Waals surface area (Å²) in [6.45, 7) is 6.19. The summed E-state index contributed by atoms with van der Waals surface area (Å²) in [4.78, 5) is 31.4. The number of carbonyl (C=O) groups is 2. The summed E-state index contributed by atoms with van der Waals surface area (Å²) in [7, 11) is 1.63. The van der Waals surface area contributed by atoms with E-state index in [0.29, 0.717) is 37.1 Å². The van der Waals surface area contributed by atoms with Crippen molar-refractivity contribution >= 4 is 11.9 Å². The third-order valence-electron chi connectivity index (χ3n) is 7.20. The van der Waals surface area contributed by atoms with E-state index in [1.807, 2.05) is 36.1 Å². The van der Waals surface area contributed by atoms with Crippen LogP contribution in [0.15, 0.2) is 42.5 Å². The highest BCUT2D eigenvalue weighted by molar-refractivity contribution is 5.81. The van der Waals surface area contributed by atoms with Gasteiger partial charge in [0.2, 0.25) is 5.91 Å². The van der Waals surface area contributed by atoms with E-state index in [1.165, 1.54) is 4.90 Å². The summed E-state index contributed by atoms with van der Waals surface area (Å²) in [6.07, 6.45) is -3.32. The van der Waals surface area contributed by atoms with Crippen LogP contribution in [-0.2, 0) is 11.0 Å². The van der Waals surface area contributed by atoms with Gasteiger partial charge in [0.05, 0.1) is 23.7 Å². The summed E-state index contributed by atoms with van der Waals surface area (Å²) in [6, 6.07) is 10.6. The number of nitrogens with zero attached hydrogens (tertiary/aromatic N) is 3. The summed E-state index contributed by atoms with van der Waals surface area (Å²) < 4.78 is 40.1. The van der Waals surface area contributed by atoms with Crippen LogP contribution in [0.1, 0.15) is 59.7 Å². The Kier molecular flexibility index (Phi) is 6.36. The quantitative estimate of drug-likeness (QED) is 0.592. The van der Waals surface area contributed by atoms with Crippen molar-refractivity contribution in [1.82, 2.24) is 14.7 Å². The molecule has 0 aromatic heterocycles. The number of carbonyl (C=O) groups excluding carboxylic acids is 2. The first-order valence-corrected chi connectivity index (χ1v) is 11.6. The van der Waals surface area contributed by atoms with Gasteiger partial charge in [-0.15, -0.1) is 0 Å². The third kappa shape index (κ3) is 4.38. The minimum Gasteiger partial charge on any atom is -0.335 e. The molecule has 2 fully saturated rings. The monoisotopic (exact) mass is 473 g/mol. The lowest BCUT2D eigenvalue weighted by Gasteiger charge is -2.47. The number of piperazine rings is 1. The van der Waals surface area contributed by atoms with Crippen molar-refractivity contribution in [3.05, 3.63) is 70.3 Å². The minimum absolute atomic E-state index is 0.106. The van der Waals surface area contributed by atoms with Crippen molar-refractivity contribution in [2.24, 2.45) is 0 Å². The van der Waals surface area contributed by atoms with Crippen LogP contribution in [0.2, 0.25) is 0 Å².